The zero-order valence-corrected chi connectivity index (χ0v) is 18.2. The van der Waals surface area contributed by atoms with Crippen molar-refractivity contribution in [2.45, 2.75) is 50.2 Å². The highest BCUT2D eigenvalue weighted by Gasteiger charge is 2.51. The van der Waals surface area contributed by atoms with E-state index in [1.807, 2.05) is 91.0 Å². The van der Waals surface area contributed by atoms with Crippen LogP contribution in [0.1, 0.15) is 23.0 Å². The second-order valence-electron chi connectivity index (χ2n) is 8.26. The maximum absolute atomic E-state index is 10.8. The van der Waals surface area contributed by atoms with Gasteiger partial charge in [0, 0.05) is 5.56 Å². The van der Waals surface area contributed by atoms with Gasteiger partial charge >= 0.3 is 0 Å². The number of ether oxygens (including phenoxy) is 5. The molecule has 0 aliphatic carbocycles. The summed E-state index contributed by atoms with van der Waals surface area (Å²) in [5.41, 5.74) is 2.96. The third-order valence-electron chi connectivity index (χ3n) is 5.94. The number of rotatable bonds is 7. The summed E-state index contributed by atoms with van der Waals surface area (Å²) < 4.78 is 30.6. The zero-order valence-electron chi connectivity index (χ0n) is 18.2. The van der Waals surface area contributed by atoms with Gasteiger partial charge in [0.15, 0.2) is 12.6 Å². The highest BCUT2D eigenvalue weighted by molar-refractivity contribution is 5.17. The molecule has 2 saturated heterocycles. The summed E-state index contributed by atoms with van der Waals surface area (Å²) in [5.74, 6) is 0. The van der Waals surface area contributed by atoms with Gasteiger partial charge in [0.05, 0.1) is 19.8 Å². The molecule has 0 spiro atoms. The minimum absolute atomic E-state index is 0.290. The van der Waals surface area contributed by atoms with Crippen LogP contribution >= 0.6 is 0 Å². The predicted molar refractivity (Wildman–Crippen MR) is 121 cm³/mol. The summed E-state index contributed by atoms with van der Waals surface area (Å²) in [6.45, 7) is 0.984. The van der Waals surface area contributed by atoms with Crippen LogP contribution in [0.4, 0.5) is 0 Å². The summed E-state index contributed by atoms with van der Waals surface area (Å²) in [7, 11) is 0. The Hall–Kier alpha value is -2.58. The minimum Gasteiger partial charge on any atom is -0.368 e. The fourth-order valence-corrected chi connectivity index (χ4v) is 4.24. The number of benzene rings is 3. The van der Waals surface area contributed by atoms with Crippen molar-refractivity contribution in [2.24, 2.45) is 0 Å². The lowest BCUT2D eigenvalue weighted by molar-refractivity contribution is -0.366. The largest absolute Gasteiger partial charge is 0.368 e. The van der Waals surface area contributed by atoms with Gasteiger partial charge < -0.3 is 28.8 Å². The SMILES string of the molecule is OC1O[C@@H]2CO[C@@H](c3ccccc3)O[C@H]2[C@H](OCc2ccccc2)[C@H]1OCc1ccccc1. The van der Waals surface area contributed by atoms with Crippen LogP contribution in [-0.2, 0) is 36.9 Å². The Balaban J connectivity index is 1.36. The van der Waals surface area contributed by atoms with Gasteiger partial charge in [0.1, 0.15) is 24.4 Å². The molecule has 2 heterocycles. The van der Waals surface area contributed by atoms with Crippen LogP contribution in [0.2, 0.25) is 0 Å². The normalized spacial score (nSPS) is 29.4. The van der Waals surface area contributed by atoms with E-state index < -0.39 is 37.0 Å². The van der Waals surface area contributed by atoms with Crippen LogP contribution < -0.4 is 0 Å². The smallest absolute Gasteiger partial charge is 0.184 e. The Kier molecular flexibility index (Phi) is 7.12. The molecule has 2 fully saturated rings. The molecule has 6 heteroatoms. The minimum atomic E-state index is -1.16. The first-order chi connectivity index (χ1) is 16.3. The standard InChI is InChI=1S/C27H28O6/c28-26-25(30-17-20-12-6-2-7-13-20)24(29-16-19-10-4-1-5-11-19)23-22(32-26)18-31-27(33-23)21-14-8-3-9-15-21/h1-15,22-28H,16-18H2/t22-,23-,24+,25-,26?,27-/m1/s1. The Labute approximate surface area is 193 Å². The molecule has 0 amide bonds. The molecule has 0 saturated carbocycles. The van der Waals surface area contributed by atoms with E-state index in [-0.39, 0.29) is 6.61 Å². The molecule has 172 valence electrons. The number of fused-ring (bicyclic) bond motifs is 1. The van der Waals surface area contributed by atoms with Crippen molar-refractivity contribution < 1.29 is 28.8 Å². The number of aliphatic hydroxyl groups excluding tert-OH is 1. The van der Waals surface area contributed by atoms with Gasteiger partial charge in [-0.15, -0.1) is 0 Å². The van der Waals surface area contributed by atoms with Crippen molar-refractivity contribution >= 4 is 0 Å². The van der Waals surface area contributed by atoms with E-state index in [1.165, 1.54) is 0 Å². The molecule has 1 unspecified atom stereocenters. The lowest BCUT2D eigenvalue weighted by atomic mass is 9.97. The average molecular weight is 449 g/mol. The predicted octanol–water partition coefficient (Wildman–Crippen LogP) is 3.99. The van der Waals surface area contributed by atoms with E-state index in [9.17, 15) is 5.11 Å². The molecule has 1 N–H and O–H groups in total. The van der Waals surface area contributed by atoms with Crippen LogP contribution in [0.3, 0.4) is 0 Å². The summed E-state index contributed by atoms with van der Waals surface area (Å²) in [4.78, 5) is 0. The number of hydrogen-bond acceptors (Lipinski definition) is 6. The third kappa shape index (κ3) is 5.33. The average Bonchev–Trinajstić information content (AvgIpc) is 2.88. The van der Waals surface area contributed by atoms with Gasteiger partial charge in [-0.1, -0.05) is 91.0 Å². The molecule has 3 aromatic carbocycles. The van der Waals surface area contributed by atoms with Gasteiger partial charge in [0.25, 0.3) is 0 Å². The Bertz CT molecular complexity index is 983. The van der Waals surface area contributed by atoms with E-state index in [4.69, 9.17) is 23.7 Å². The molecular formula is C27H28O6. The van der Waals surface area contributed by atoms with Gasteiger partial charge in [-0.3, -0.25) is 0 Å². The van der Waals surface area contributed by atoms with Crippen LogP contribution in [0.5, 0.6) is 0 Å². The van der Waals surface area contributed by atoms with Gasteiger partial charge in [-0.25, -0.2) is 0 Å². The first-order valence-corrected chi connectivity index (χ1v) is 11.2. The van der Waals surface area contributed by atoms with Gasteiger partial charge in [-0.2, -0.15) is 0 Å². The van der Waals surface area contributed by atoms with Crippen LogP contribution in [0.25, 0.3) is 0 Å². The number of aliphatic hydroxyl groups is 1. The van der Waals surface area contributed by atoms with Crippen LogP contribution in [-0.4, -0.2) is 42.4 Å². The fraction of sp³-hybridized carbons (Fsp3) is 0.333. The molecule has 0 radical (unpaired) electrons. The lowest BCUT2D eigenvalue weighted by Gasteiger charge is -2.47. The molecule has 3 aromatic rings. The van der Waals surface area contributed by atoms with Crippen molar-refractivity contribution in [1.29, 1.82) is 0 Å². The van der Waals surface area contributed by atoms with Crippen molar-refractivity contribution in [3.8, 4) is 0 Å². The van der Waals surface area contributed by atoms with Crippen molar-refractivity contribution in [3.63, 3.8) is 0 Å². The second-order valence-corrected chi connectivity index (χ2v) is 8.26. The first-order valence-electron chi connectivity index (χ1n) is 11.2. The van der Waals surface area contributed by atoms with Crippen LogP contribution in [0.15, 0.2) is 91.0 Å². The van der Waals surface area contributed by atoms with Gasteiger partial charge in [0.2, 0.25) is 0 Å². The molecule has 0 bridgehead atoms. The highest BCUT2D eigenvalue weighted by Crippen LogP contribution is 2.36. The monoisotopic (exact) mass is 448 g/mol. The topological polar surface area (TPSA) is 66.4 Å². The molecule has 6 atom stereocenters. The molecule has 5 rings (SSSR count). The van der Waals surface area contributed by atoms with Gasteiger partial charge in [-0.05, 0) is 11.1 Å². The van der Waals surface area contributed by atoms with E-state index in [0.29, 0.717) is 13.2 Å². The number of hydrogen-bond donors (Lipinski definition) is 1. The third-order valence-corrected chi connectivity index (χ3v) is 5.94. The molecule has 0 aromatic heterocycles. The van der Waals surface area contributed by atoms with Crippen molar-refractivity contribution in [3.05, 3.63) is 108 Å². The summed E-state index contributed by atoms with van der Waals surface area (Å²) >= 11 is 0. The first kappa shape index (κ1) is 22.2. The Morgan fingerprint density at radius 3 is 1.85 bits per heavy atom. The zero-order chi connectivity index (χ0) is 22.5. The lowest BCUT2D eigenvalue weighted by Crippen LogP contribution is -2.63. The summed E-state index contributed by atoms with van der Waals surface area (Å²) in [6.07, 6.45) is -3.88. The molecular weight excluding hydrogens is 420 g/mol. The fourth-order valence-electron chi connectivity index (χ4n) is 4.24. The highest BCUT2D eigenvalue weighted by atomic mass is 16.7. The quantitative estimate of drug-likeness (QED) is 0.590. The molecule has 33 heavy (non-hydrogen) atoms. The van der Waals surface area contributed by atoms with Crippen molar-refractivity contribution in [1.82, 2.24) is 0 Å². The van der Waals surface area contributed by atoms with Crippen LogP contribution in [0, 0.1) is 0 Å². The maximum Gasteiger partial charge on any atom is 0.184 e. The van der Waals surface area contributed by atoms with E-state index in [1.54, 1.807) is 0 Å². The maximum atomic E-state index is 10.8. The van der Waals surface area contributed by atoms with Crippen molar-refractivity contribution in [2.75, 3.05) is 6.61 Å². The van der Waals surface area contributed by atoms with E-state index >= 15 is 0 Å². The van der Waals surface area contributed by atoms with E-state index in [0.717, 1.165) is 16.7 Å². The summed E-state index contributed by atoms with van der Waals surface area (Å²) in [6, 6.07) is 29.5. The molecule has 2 aliphatic heterocycles. The molecule has 2 aliphatic rings. The summed E-state index contributed by atoms with van der Waals surface area (Å²) in [5, 5.41) is 10.8. The van der Waals surface area contributed by atoms with E-state index in [2.05, 4.69) is 0 Å². The Morgan fingerprint density at radius 2 is 1.24 bits per heavy atom. The second kappa shape index (κ2) is 10.6. The molecule has 6 nitrogen and oxygen atoms in total. The Morgan fingerprint density at radius 1 is 0.697 bits per heavy atom.